The van der Waals surface area contributed by atoms with Gasteiger partial charge in [-0.05, 0) is 49.5 Å². The first-order valence-corrected chi connectivity index (χ1v) is 6.76. The maximum absolute atomic E-state index is 11.6. The molecule has 4 heteroatoms. The fourth-order valence-electron chi connectivity index (χ4n) is 2.36. The van der Waals surface area contributed by atoms with Crippen molar-refractivity contribution in [3.05, 3.63) is 35.9 Å². The Hall–Kier alpha value is -1.97. The first-order valence-electron chi connectivity index (χ1n) is 6.76. The van der Waals surface area contributed by atoms with E-state index in [0.717, 1.165) is 31.3 Å². The van der Waals surface area contributed by atoms with Crippen LogP contribution in [-0.2, 0) is 4.74 Å². The Balaban J connectivity index is 2.23. The summed E-state index contributed by atoms with van der Waals surface area (Å²) < 4.78 is 16.0. The van der Waals surface area contributed by atoms with Crippen molar-refractivity contribution in [2.24, 2.45) is 0 Å². The Kier molecular flexibility index (Phi) is 4.66. The summed E-state index contributed by atoms with van der Waals surface area (Å²) in [6, 6.07) is 5.03. The lowest BCUT2D eigenvalue weighted by Crippen LogP contribution is -2.22. The quantitative estimate of drug-likeness (QED) is 0.625. The number of methoxy groups -OCH3 is 2. The van der Waals surface area contributed by atoms with Crippen molar-refractivity contribution in [1.82, 2.24) is 0 Å². The van der Waals surface area contributed by atoms with Crippen molar-refractivity contribution in [1.29, 1.82) is 0 Å². The number of carbonyl (C=O) groups excluding carboxylic acids is 1. The molecule has 1 aromatic rings. The second-order valence-electron chi connectivity index (χ2n) is 4.87. The van der Waals surface area contributed by atoms with E-state index in [4.69, 9.17) is 14.2 Å². The van der Waals surface area contributed by atoms with Crippen molar-refractivity contribution >= 4 is 5.97 Å². The van der Waals surface area contributed by atoms with Crippen molar-refractivity contribution < 1.29 is 19.0 Å². The van der Waals surface area contributed by atoms with Gasteiger partial charge >= 0.3 is 5.97 Å². The van der Waals surface area contributed by atoms with Crippen LogP contribution in [0.15, 0.2) is 30.4 Å². The molecule has 0 bridgehead atoms. The highest BCUT2D eigenvalue weighted by Gasteiger charge is 2.21. The third kappa shape index (κ3) is 3.13. The number of esters is 1. The van der Waals surface area contributed by atoms with Gasteiger partial charge in [-0.25, -0.2) is 4.79 Å². The Morgan fingerprint density at radius 3 is 2.70 bits per heavy atom. The fourth-order valence-corrected chi connectivity index (χ4v) is 2.36. The molecule has 0 saturated heterocycles. The summed E-state index contributed by atoms with van der Waals surface area (Å²) in [6.45, 7) is 4.06. The van der Waals surface area contributed by atoms with Gasteiger partial charge in [0.2, 0.25) is 0 Å². The summed E-state index contributed by atoms with van der Waals surface area (Å²) in [6.07, 6.45) is 4.22. The fraction of sp³-hybridized carbons (Fsp3) is 0.438. The average Bonchev–Trinajstić information content (AvgIpc) is 2.48. The monoisotopic (exact) mass is 276 g/mol. The van der Waals surface area contributed by atoms with E-state index in [9.17, 15) is 4.79 Å². The molecule has 2 rings (SSSR count). The largest absolute Gasteiger partial charge is 0.493 e. The van der Waals surface area contributed by atoms with Gasteiger partial charge in [-0.3, -0.25) is 0 Å². The van der Waals surface area contributed by atoms with Gasteiger partial charge in [0.05, 0.1) is 19.8 Å². The predicted octanol–water partition coefficient (Wildman–Crippen LogP) is 3.36. The summed E-state index contributed by atoms with van der Waals surface area (Å²) in [5.74, 6) is 0.777. The molecule has 0 heterocycles. The molecule has 20 heavy (non-hydrogen) atoms. The van der Waals surface area contributed by atoms with Gasteiger partial charge in [0, 0.05) is 0 Å². The van der Waals surface area contributed by atoms with Gasteiger partial charge in [0.25, 0.3) is 0 Å². The molecule has 1 fully saturated rings. The van der Waals surface area contributed by atoms with Gasteiger partial charge < -0.3 is 14.2 Å². The molecule has 4 nitrogen and oxygen atoms in total. The van der Waals surface area contributed by atoms with Crippen LogP contribution in [-0.4, -0.2) is 26.3 Å². The van der Waals surface area contributed by atoms with Crippen LogP contribution in [0.3, 0.4) is 0 Å². The van der Waals surface area contributed by atoms with E-state index >= 15 is 0 Å². The normalized spacial score (nSPS) is 18.5. The first kappa shape index (κ1) is 14.4. The number of hydrogen-bond acceptors (Lipinski definition) is 4. The highest BCUT2D eigenvalue weighted by atomic mass is 16.5. The van der Waals surface area contributed by atoms with E-state index in [2.05, 4.69) is 6.58 Å². The second-order valence-corrected chi connectivity index (χ2v) is 4.87. The van der Waals surface area contributed by atoms with E-state index in [1.165, 1.54) is 7.11 Å². The lowest BCUT2D eigenvalue weighted by atomic mass is 9.93. The highest BCUT2D eigenvalue weighted by Crippen LogP contribution is 2.33. The van der Waals surface area contributed by atoms with Gasteiger partial charge in [-0.15, -0.1) is 0 Å². The van der Waals surface area contributed by atoms with E-state index in [-0.39, 0.29) is 12.1 Å². The molecule has 0 radical (unpaired) electrons. The molecule has 108 valence electrons. The van der Waals surface area contributed by atoms with Crippen molar-refractivity contribution in [3.63, 3.8) is 0 Å². The topological polar surface area (TPSA) is 44.8 Å². The molecule has 0 aliphatic heterocycles. The third-order valence-corrected chi connectivity index (χ3v) is 3.52. The summed E-state index contributed by atoms with van der Waals surface area (Å²) in [5.41, 5.74) is 1.55. The van der Waals surface area contributed by atoms with Crippen molar-refractivity contribution in [2.75, 3.05) is 14.2 Å². The second kappa shape index (κ2) is 6.46. The molecule has 1 unspecified atom stereocenters. The Morgan fingerprint density at radius 2 is 2.05 bits per heavy atom. The molecule has 0 N–H and O–H groups in total. The lowest BCUT2D eigenvalue weighted by Gasteiger charge is -2.26. The number of hydrogen-bond donors (Lipinski definition) is 0. The van der Waals surface area contributed by atoms with E-state index < -0.39 is 0 Å². The van der Waals surface area contributed by atoms with Crippen LogP contribution in [0.25, 0.3) is 0 Å². The van der Waals surface area contributed by atoms with Crippen LogP contribution >= 0.6 is 0 Å². The van der Waals surface area contributed by atoms with Crippen LogP contribution < -0.4 is 9.47 Å². The summed E-state index contributed by atoms with van der Waals surface area (Å²) in [4.78, 5) is 11.6. The molecular weight excluding hydrogens is 256 g/mol. The van der Waals surface area contributed by atoms with Gasteiger partial charge in [0.1, 0.15) is 6.10 Å². The van der Waals surface area contributed by atoms with E-state index in [1.807, 2.05) is 0 Å². The summed E-state index contributed by atoms with van der Waals surface area (Å²) >= 11 is 0. The van der Waals surface area contributed by atoms with Crippen LogP contribution in [0.2, 0.25) is 0 Å². The van der Waals surface area contributed by atoms with Crippen LogP contribution in [0.1, 0.15) is 36.0 Å². The SMILES string of the molecule is C=C1CCCCC1Oc1cc(C(=O)OC)ccc1OC. The standard InChI is InChI=1S/C16H20O4/c1-11-6-4-5-7-13(11)20-15-10-12(16(17)19-3)8-9-14(15)18-2/h8-10,13H,1,4-7H2,2-3H3. The number of ether oxygens (including phenoxy) is 3. The van der Waals surface area contributed by atoms with Gasteiger partial charge in [0.15, 0.2) is 11.5 Å². The highest BCUT2D eigenvalue weighted by molar-refractivity contribution is 5.90. The lowest BCUT2D eigenvalue weighted by molar-refractivity contribution is 0.0600. The molecule has 1 aliphatic carbocycles. The minimum atomic E-state index is -0.389. The molecule has 1 aliphatic rings. The molecule has 1 aromatic carbocycles. The summed E-state index contributed by atoms with van der Waals surface area (Å²) in [5, 5.41) is 0. The number of rotatable bonds is 4. The molecule has 1 saturated carbocycles. The molecule has 0 aromatic heterocycles. The zero-order valence-electron chi connectivity index (χ0n) is 12.0. The molecule has 0 amide bonds. The van der Waals surface area contributed by atoms with Gasteiger partial charge in [-0.1, -0.05) is 6.58 Å². The Bertz CT molecular complexity index is 507. The van der Waals surface area contributed by atoms with Crippen molar-refractivity contribution in [2.45, 2.75) is 31.8 Å². The number of carbonyl (C=O) groups is 1. The van der Waals surface area contributed by atoms with E-state index in [0.29, 0.717) is 17.1 Å². The maximum atomic E-state index is 11.6. The van der Waals surface area contributed by atoms with Crippen LogP contribution in [0.4, 0.5) is 0 Å². The minimum absolute atomic E-state index is 0.00875. The zero-order chi connectivity index (χ0) is 14.5. The van der Waals surface area contributed by atoms with Crippen molar-refractivity contribution in [3.8, 4) is 11.5 Å². The van der Waals surface area contributed by atoms with Crippen LogP contribution in [0, 0.1) is 0 Å². The smallest absolute Gasteiger partial charge is 0.337 e. The Morgan fingerprint density at radius 1 is 1.25 bits per heavy atom. The number of benzene rings is 1. The first-order chi connectivity index (χ1) is 9.65. The predicted molar refractivity (Wildman–Crippen MR) is 76.4 cm³/mol. The molecular formula is C16H20O4. The third-order valence-electron chi connectivity index (χ3n) is 3.52. The zero-order valence-corrected chi connectivity index (χ0v) is 12.0. The average molecular weight is 276 g/mol. The molecule has 0 spiro atoms. The maximum Gasteiger partial charge on any atom is 0.337 e. The Labute approximate surface area is 119 Å². The molecule has 1 atom stereocenters. The summed E-state index contributed by atoms with van der Waals surface area (Å²) in [7, 11) is 2.94. The van der Waals surface area contributed by atoms with Crippen LogP contribution in [0.5, 0.6) is 11.5 Å². The van der Waals surface area contributed by atoms with E-state index in [1.54, 1.807) is 25.3 Å². The minimum Gasteiger partial charge on any atom is -0.493 e. The van der Waals surface area contributed by atoms with Gasteiger partial charge in [-0.2, -0.15) is 0 Å².